The van der Waals surface area contributed by atoms with Crippen molar-refractivity contribution in [1.29, 1.82) is 0 Å². The zero-order valence-electron chi connectivity index (χ0n) is 9.86. The van der Waals surface area contributed by atoms with Crippen LogP contribution in [0.25, 0.3) is 0 Å². The third-order valence-corrected chi connectivity index (χ3v) is 4.09. The van der Waals surface area contributed by atoms with Crippen molar-refractivity contribution in [3.05, 3.63) is 21.9 Å². The molecular weight excluding hydrogens is 220 g/mol. The molecule has 1 fully saturated rings. The zero-order valence-corrected chi connectivity index (χ0v) is 10.7. The van der Waals surface area contributed by atoms with Crippen molar-refractivity contribution in [1.82, 2.24) is 0 Å². The molecule has 1 aromatic heterocycles. The molecule has 0 radical (unpaired) electrons. The van der Waals surface area contributed by atoms with E-state index in [9.17, 15) is 4.79 Å². The van der Waals surface area contributed by atoms with Crippen molar-refractivity contribution in [3.8, 4) is 0 Å². The van der Waals surface area contributed by atoms with Crippen LogP contribution in [-0.2, 0) is 9.53 Å². The number of rotatable bonds is 5. The van der Waals surface area contributed by atoms with Gasteiger partial charge in [-0.25, -0.2) is 0 Å². The van der Waals surface area contributed by atoms with E-state index in [1.165, 1.54) is 9.75 Å². The summed E-state index contributed by atoms with van der Waals surface area (Å²) in [6, 6.07) is 4.27. The predicted molar refractivity (Wildman–Crippen MR) is 65.8 cm³/mol. The van der Waals surface area contributed by atoms with Crippen LogP contribution >= 0.6 is 11.3 Å². The van der Waals surface area contributed by atoms with Gasteiger partial charge in [-0.15, -0.1) is 11.3 Å². The first-order valence-corrected chi connectivity index (χ1v) is 6.77. The SMILES string of the molecule is CCCCOC(=O)C1CC1c1ccc(C)s1. The lowest BCUT2D eigenvalue weighted by molar-refractivity contribution is -0.145. The number of esters is 1. The van der Waals surface area contributed by atoms with E-state index in [1.807, 2.05) is 0 Å². The molecule has 3 heteroatoms. The van der Waals surface area contributed by atoms with Gasteiger partial charge in [0.1, 0.15) is 0 Å². The van der Waals surface area contributed by atoms with Gasteiger partial charge >= 0.3 is 5.97 Å². The minimum Gasteiger partial charge on any atom is -0.465 e. The van der Waals surface area contributed by atoms with E-state index in [4.69, 9.17) is 4.74 Å². The lowest BCUT2D eigenvalue weighted by Crippen LogP contribution is -2.08. The van der Waals surface area contributed by atoms with Crippen LogP contribution < -0.4 is 0 Å². The van der Waals surface area contributed by atoms with Crippen molar-refractivity contribution in [2.45, 2.75) is 39.0 Å². The first kappa shape index (κ1) is 11.6. The van der Waals surface area contributed by atoms with Gasteiger partial charge in [-0.1, -0.05) is 13.3 Å². The van der Waals surface area contributed by atoms with Crippen molar-refractivity contribution in [2.24, 2.45) is 5.92 Å². The molecule has 0 aromatic carbocycles. The Bertz CT molecular complexity index is 370. The summed E-state index contributed by atoms with van der Waals surface area (Å²) in [5.74, 6) is 0.576. The topological polar surface area (TPSA) is 26.3 Å². The van der Waals surface area contributed by atoms with Gasteiger partial charge in [0.05, 0.1) is 12.5 Å². The predicted octanol–water partition coefficient (Wildman–Crippen LogP) is 3.50. The highest BCUT2D eigenvalue weighted by Crippen LogP contribution is 2.50. The van der Waals surface area contributed by atoms with Gasteiger partial charge in [0.15, 0.2) is 0 Å². The minimum absolute atomic E-state index is 0.00417. The average Bonchev–Trinajstić information content (AvgIpc) is 2.95. The second-order valence-electron chi connectivity index (χ2n) is 4.42. The molecule has 2 unspecified atom stereocenters. The highest BCUT2D eigenvalue weighted by Gasteiger charge is 2.45. The number of ether oxygens (including phenoxy) is 1. The van der Waals surface area contributed by atoms with Crippen molar-refractivity contribution in [2.75, 3.05) is 6.61 Å². The lowest BCUT2D eigenvalue weighted by atomic mass is 10.2. The molecule has 88 valence electrons. The molecule has 1 saturated carbocycles. The molecule has 0 saturated heterocycles. The number of unbranched alkanes of at least 4 members (excludes halogenated alkanes) is 1. The largest absolute Gasteiger partial charge is 0.465 e. The molecule has 1 aromatic rings. The molecule has 16 heavy (non-hydrogen) atoms. The Hall–Kier alpha value is -0.830. The lowest BCUT2D eigenvalue weighted by Gasteiger charge is -2.02. The van der Waals surface area contributed by atoms with Crippen LogP contribution in [0.1, 0.15) is 41.9 Å². The maximum Gasteiger partial charge on any atom is 0.309 e. The number of thiophene rings is 1. The summed E-state index contributed by atoms with van der Waals surface area (Å²) in [4.78, 5) is 14.3. The Morgan fingerprint density at radius 3 is 3.00 bits per heavy atom. The van der Waals surface area contributed by atoms with Crippen LogP contribution in [0.15, 0.2) is 12.1 Å². The molecule has 0 amide bonds. The summed E-state index contributed by atoms with van der Waals surface area (Å²) in [6.07, 6.45) is 3.03. The first-order chi connectivity index (χ1) is 7.72. The Morgan fingerprint density at radius 2 is 2.38 bits per heavy atom. The molecular formula is C13H18O2S. The molecule has 0 N–H and O–H groups in total. The van der Waals surface area contributed by atoms with Gasteiger partial charge in [0.2, 0.25) is 0 Å². The molecule has 1 aliphatic rings. The summed E-state index contributed by atoms with van der Waals surface area (Å²) >= 11 is 1.80. The van der Waals surface area contributed by atoms with Crippen molar-refractivity contribution in [3.63, 3.8) is 0 Å². The molecule has 0 aliphatic heterocycles. The van der Waals surface area contributed by atoms with Crippen LogP contribution in [0, 0.1) is 12.8 Å². The number of hydrogen-bond donors (Lipinski definition) is 0. The van der Waals surface area contributed by atoms with E-state index < -0.39 is 0 Å². The van der Waals surface area contributed by atoms with Gasteiger partial charge in [-0.3, -0.25) is 4.79 Å². The van der Waals surface area contributed by atoms with E-state index in [0.29, 0.717) is 12.5 Å². The van der Waals surface area contributed by atoms with Gasteiger partial charge in [-0.2, -0.15) is 0 Å². The molecule has 2 atom stereocenters. The third kappa shape index (κ3) is 2.64. The fourth-order valence-corrected chi connectivity index (χ4v) is 2.90. The molecule has 0 spiro atoms. The van der Waals surface area contributed by atoms with Gasteiger partial charge in [0.25, 0.3) is 0 Å². The number of carbonyl (C=O) groups is 1. The van der Waals surface area contributed by atoms with Gasteiger partial charge < -0.3 is 4.74 Å². The van der Waals surface area contributed by atoms with Gasteiger partial charge in [-0.05, 0) is 31.9 Å². The van der Waals surface area contributed by atoms with E-state index in [0.717, 1.165) is 19.3 Å². The molecule has 2 rings (SSSR count). The number of hydrogen-bond acceptors (Lipinski definition) is 3. The smallest absolute Gasteiger partial charge is 0.309 e. The first-order valence-electron chi connectivity index (χ1n) is 5.95. The minimum atomic E-state index is 0.00417. The second kappa shape index (κ2) is 5.00. The normalized spacial score (nSPS) is 23.1. The fourth-order valence-electron chi connectivity index (χ4n) is 1.85. The quantitative estimate of drug-likeness (QED) is 0.579. The van der Waals surface area contributed by atoms with Crippen LogP contribution in [0.5, 0.6) is 0 Å². The van der Waals surface area contributed by atoms with Crippen LogP contribution in [0.3, 0.4) is 0 Å². The number of carbonyl (C=O) groups excluding carboxylic acids is 1. The monoisotopic (exact) mass is 238 g/mol. The number of aryl methyl sites for hydroxylation is 1. The zero-order chi connectivity index (χ0) is 11.5. The Labute approximate surface area is 101 Å². The highest BCUT2D eigenvalue weighted by atomic mass is 32.1. The van der Waals surface area contributed by atoms with E-state index in [2.05, 4.69) is 26.0 Å². The van der Waals surface area contributed by atoms with E-state index >= 15 is 0 Å². The summed E-state index contributed by atoms with van der Waals surface area (Å²) in [5.41, 5.74) is 0. The Balaban J connectivity index is 1.80. The van der Waals surface area contributed by atoms with E-state index in [-0.39, 0.29) is 11.9 Å². The average molecular weight is 238 g/mol. The highest BCUT2D eigenvalue weighted by molar-refractivity contribution is 7.12. The van der Waals surface area contributed by atoms with Crippen LogP contribution in [-0.4, -0.2) is 12.6 Å². The molecule has 0 bridgehead atoms. The summed E-state index contributed by atoms with van der Waals surface area (Å²) < 4.78 is 5.23. The molecule has 2 nitrogen and oxygen atoms in total. The van der Waals surface area contributed by atoms with Gasteiger partial charge in [0, 0.05) is 15.7 Å². The Morgan fingerprint density at radius 1 is 1.56 bits per heavy atom. The third-order valence-electron chi connectivity index (χ3n) is 2.96. The summed E-state index contributed by atoms with van der Waals surface area (Å²) in [5, 5.41) is 0. The molecule has 1 aliphatic carbocycles. The van der Waals surface area contributed by atoms with Crippen molar-refractivity contribution < 1.29 is 9.53 Å². The standard InChI is InChI=1S/C13H18O2S/c1-3-4-7-15-13(14)11-8-10(11)12-6-5-9(2)16-12/h5-6,10-11H,3-4,7-8H2,1-2H3. The summed E-state index contributed by atoms with van der Waals surface area (Å²) in [7, 11) is 0. The van der Waals surface area contributed by atoms with Crippen LogP contribution in [0.2, 0.25) is 0 Å². The van der Waals surface area contributed by atoms with E-state index in [1.54, 1.807) is 11.3 Å². The summed E-state index contributed by atoms with van der Waals surface area (Å²) in [6.45, 7) is 4.79. The molecule has 1 heterocycles. The Kier molecular flexibility index (Phi) is 3.64. The second-order valence-corrected chi connectivity index (χ2v) is 5.74. The maximum absolute atomic E-state index is 11.7. The fraction of sp³-hybridized carbons (Fsp3) is 0.615. The van der Waals surface area contributed by atoms with Crippen LogP contribution in [0.4, 0.5) is 0 Å². The maximum atomic E-state index is 11.7. The van der Waals surface area contributed by atoms with Crippen molar-refractivity contribution >= 4 is 17.3 Å².